The largest absolute Gasteiger partial charge is 0.347 e. The molecule has 0 radical (unpaired) electrons. The van der Waals surface area contributed by atoms with E-state index in [1.807, 2.05) is 49.7 Å². The zero-order chi connectivity index (χ0) is 23.5. The van der Waals surface area contributed by atoms with Gasteiger partial charge >= 0.3 is 0 Å². The van der Waals surface area contributed by atoms with Gasteiger partial charge < -0.3 is 4.57 Å². The number of allylic oxidation sites excluding steroid dienone is 2. The van der Waals surface area contributed by atoms with Crippen LogP contribution in [0.2, 0.25) is 0 Å². The molecule has 0 saturated heterocycles. The van der Waals surface area contributed by atoms with Crippen molar-refractivity contribution in [2.24, 2.45) is 5.92 Å². The van der Waals surface area contributed by atoms with E-state index in [0.717, 1.165) is 40.8 Å². The molecule has 4 heteroatoms. The van der Waals surface area contributed by atoms with Gasteiger partial charge in [0.05, 0.1) is 11.0 Å². The maximum Gasteiger partial charge on any atom is 0.209 e. The summed E-state index contributed by atoms with van der Waals surface area (Å²) in [5, 5.41) is 1.00. The molecule has 0 atom stereocenters. The van der Waals surface area contributed by atoms with Crippen molar-refractivity contribution in [2.45, 2.75) is 52.0 Å². The number of aromatic nitrogens is 1. The number of rotatable bonds is 5. The fraction of sp³-hybridized carbons (Fsp3) is 0.345. The molecule has 33 heavy (non-hydrogen) atoms. The van der Waals surface area contributed by atoms with Gasteiger partial charge in [0.1, 0.15) is 13.0 Å². The molecule has 0 spiro atoms. The summed E-state index contributed by atoms with van der Waals surface area (Å²) in [4.78, 5) is 26.7. The van der Waals surface area contributed by atoms with Gasteiger partial charge in [-0.3, -0.25) is 9.59 Å². The second kappa shape index (κ2) is 7.65. The van der Waals surface area contributed by atoms with Crippen molar-refractivity contribution in [1.29, 1.82) is 0 Å². The molecule has 0 N–H and O–H groups in total. The lowest BCUT2D eigenvalue weighted by Gasteiger charge is -2.26. The molecule has 2 heterocycles. The Morgan fingerprint density at radius 1 is 1.03 bits per heavy atom. The van der Waals surface area contributed by atoms with Crippen LogP contribution in [0.1, 0.15) is 51.2 Å². The number of carbonyl (C=O) groups excluding carboxylic acids is 2. The van der Waals surface area contributed by atoms with Gasteiger partial charge in [0.15, 0.2) is 17.3 Å². The van der Waals surface area contributed by atoms with Crippen LogP contribution in [-0.2, 0) is 21.5 Å². The van der Waals surface area contributed by atoms with Crippen molar-refractivity contribution in [1.82, 2.24) is 4.57 Å². The molecular formula is C29H31N2O2+. The summed E-state index contributed by atoms with van der Waals surface area (Å²) in [6.07, 6.45) is 4.91. The number of benzene rings is 2. The van der Waals surface area contributed by atoms with Crippen molar-refractivity contribution in [3.63, 3.8) is 0 Å². The van der Waals surface area contributed by atoms with Crippen molar-refractivity contribution in [3.05, 3.63) is 77.5 Å². The highest BCUT2D eigenvalue weighted by Gasteiger charge is 2.49. The Labute approximate surface area is 195 Å². The lowest BCUT2D eigenvalue weighted by atomic mass is 9.71. The third-order valence-corrected chi connectivity index (χ3v) is 7.35. The molecule has 1 saturated carbocycles. The Balaban J connectivity index is 1.51. The molecule has 4 nitrogen and oxygen atoms in total. The molecule has 1 aliphatic heterocycles. The summed E-state index contributed by atoms with van der Waals surface area (Å²) in [5.41, 5.74) is 5.31. The molecular weight excluding hydrogens is 408 g/mol. The van der Waals surface area contributed by atoms with Gasteiger partial charge in [-0.25, -0.2) is 0 Å². The normalized spacial score (nSPS) is 19.5. The number of para-hydroxylation sites is 2. The van der Waals surface area contributed by atoms with Crippen LogP contribution in [-0.4, -0.2) is 33.5 Å². The highest BCUT2D eigenvalue weighted by atomic mass is 16.2. The highest BCUT2D eigenvalue weighted by Crippen LogP contribution is 2.42. The van der Waals surface area contributed by atoms with Crippen molar-refractivity contribution < 1.29 is 14.2 Å². The first kappa shape index (κ1) is 21.6. The van der Waals surface area contributed by atoms with Gasteiger partial charge in [0, 0.05) is 41.4 Å². The second-order valence-electron chi connectivity index (χ2n) is 10.3. The molecule has 2 aromatic carbocycles. The molecule has 0 bridgehead atoms. The van der Waals surface area contributed by atoms with Gasteiger partial charge in [-0.05, 0) is 37.8 Å². The van der Waals surface area contributed by atoms with E-state index in [0.29, 0.717) is 11.5 Å². The molecule has 1 aliphatic carbocycles. The van der Waals surface area contributed by atoms with Crippen LogP contribution in [0.4, 0.5) is 5.69 Å². The van der Waals surface area contributed by atoms with E-state index >= 15 is 0 Å². The number of hydrogen-bond acceptors (Lipinski definition) is 2. The average molecular weight is 440 g/mol. The third-order valence-electron chi connectivity index (χ3n) is 7.35. The molecule has 0 unspecified atom stereocenters. The van der Waals surface area contributed by atoms with E-state index in [4.69, 9.17) is 0 Å². The minimum atomic E-state index is -0.695. The van der Waals surface area contributed by atoms with Crippen LogP contribution in [0, 0.1) is 5.92 Å². The van der Waals surface area contributed by atoms with E-state index in [9.17, 15) is 9.59 Å². The fourth-order valence-corrected chi connectivity index (χ4v) is 5.38. The smallest absolute Gasteiger partial charge is 0.209 e. The number of hydrogen-bond donors (Lipinski definition) is 0. The first-order valence-corrected chi connectivity index (χ1v) is 11.8. The van der Waals surface area contributed by atoms with Crippen LogP contribution in [0.5, 0.6) is 0 Å². The summed E-state index contributed by atoms with van der Waals surface area (Å²) in [5.74, 6) is -0.248. The van der Waals surface area contributed by atoms with E-state index in [-0.39, 0.29) is 17.0 Å². The van der Waals surface area contributed by atoms with Crippen molar-refractivity contribution >= 4 is 33.9 Å². The van der Waals surface area contributed by atoms with Crippen LogP contribution in [0.3, 0.4) is 0 Å². The van der Waals surface area contributed by atoms with E-state index in [2.05, 4.69) is 55.0 Å². The zero-order valence-corrected chi connectivity index (χ0v) is 20.1. The maximum absolute atomic E-state index is 13.3. The number of fused-ring (bicyclic) bond motifs is 2. The maximum atomic E-state index is 13.3. The van der Waals surface area contributed by atoms with Gasteiger partial charge in [0.25, 0.3) is 0 Å². The summed E-state index contributed by atoms with van der Waals surface area (Å²) < 4.78 is 4.31. The number of aryl methyl sites for hydroxylation is 1. The number of Topliss-reactive ketones (excluding diaryl/α,β-unsaturated/α-hetero) is 2. The summed E-state index contributed by atoms with van der Waals surface area (Å²) in [7, 11) is 2.01. The van der Waals surface area contributed by atoms with Gasteiger partial charge in [-0.2, -0.15) is 4.58 Å². The zero-order valence-electron chi connectivity index (χ0n) is 20.1. The monoisotopic (exact) mass is 439 g/mol. The lowest BCUT2D eigenvalue weighted by molar-refractivity contribution is -0.401. The first-order chi connectivity index (χ1) is 15.7. The molecule has 1 fully saturated rings. The Morgan fingerprint density at radius 3 is 2.39 bits per heavy atom. The SMILES string of the molecule is CC(C)CCn1cc(C2C(=O)C(=CC3=[N+](C)c4ccccc4C3(C)C)C2=O)c2ccccc21. The predicted octanol–water partition coefficient (Wildman–Crippen LogP) is 5.56. The van der Waals surface area contributed by atoms with Crippen LogP contribution >= 0.6 is 0 Å². The number of carbonyl (C=O) groups is 2. The topological polar surface area (TPSA) is 42.1 Å². The molecule has 0 amide bonds. The Kier molecular flexibility index (Phi) is 5.00. The molecule has 1 aromatic heterocycles. The third kappa shape index (κ3) is 3.23. The van der Waals surface area contributed by atoms with Crippen LogP contribution < -0.4 is 0 Å². The lowest BCUT2D eigenvalue weighted by Crippen LogP contribution is -2.40. The number of nitrogens with zero attached hydrogens (tertiary/aromatic N) is 2. The van der Waals surface area contributed by atoms with Gasteiger partial charge in [-0.15, -0.1) is 0 Å². The van der Waals surface area contributed by atoms with E-state index < -0.39 is 5.92 Å². The molecule has 168 valence electrons. The molecule has 3 aromatic rings. The average Bonchev–Trinajstić information content (AvgIpc) is 3.24. The minimum Gasteiger partial charge on any atom is -0.347 e. The number of ketones is 2. The molecule has 5 rings (SSSR count). The second-order valence-corrected chi connectivity index (χ2v) is 10.3. The predicted molar refractivity (Wildman–Crippen MR) is 133 cm³/mol. The van der Waals surface area contributed by atoms with E-state index in [1.165, 1.54) is 5.56 Å². The minimum absolute atomic E-state index is 0.0700. The Hall–Kier alpha value is -3.27. The van der Waals surface area contributed by atoms with Crippen LogP contribution in [0.15, 0.2) is 66.4 Å². The molecule has 2 aliphatic rings. The van der Waals surface area contributed by atoms with Gasteiger partial charge in [0.2, 0.25) is 5.69 Å². The van der Waals surface area contributed by atoms with Gasteiger partial charge in [-0.1, -0.05) is 50.2 Å². The summed E-state index contributed by atoms with van der Waals surface area (Å²) >= 11 is 0. The summed E-state index contributed by atoms with van der Waals surface area (Å²) in [6.45, 7) is 9.59. The van der Waals surface area contributed by atoms with E-state index in [1.54, 1.807) is 0 Å². The van der Waals surface area contributed by atoms with Crippen molar-refractivity contribution in [2.75, 3.05) is 7.05 Å². The van der Waals surface area contributed by atoms with Crippen LogP contribution in [0.25, 0.3) is 10.9 Å². The highest BCUT2D eigenvalue weighted by molar-refractivity contribution is 6.43. The standard InChI is InChI=1S/C29H31N2O2/c1-18(2)14-15-31-17-21(19-10-6-8-12-23(19)31)26-27(32)20(28(26)33)16-25-29(3,4)22-11-7-9-13-24(22)30(25)5/h6-13,16-18,26H,14-15H2,1-5H3/q+1. The Morgan fingerprint density at radius 2 is 1.70 bits per heavy atom. The first-order valence-electron chi connectivity index (χ1n) is 11.8. The Bertz CT molecular complexity index is 1350. The quantitative estimate of drug-likeness (QED) is 0.226. The fourth-order valence-electron chi connectivity index (χ4n) is 5.38. The van der Waals surface area contributed by atoms with Crippen molar-refractivity contribution in [3.8, 4) is 0 Å². The summed E-state index contributed by atoms with van der Waals surface area (Å²) in [6, 6.07) is 16.4.